The SMILES string of the molecule is C#C[C@]1(O)[C@H](n2cnc3c(N)ncnc32)O[C@]2(F)C(OC(=O)CC)[C@@]21OC(=O)CC. The minimum absolute atomic E-state index is 0.0444. The number of carbonyl (C=O) groups excluding carboxylic acids is 2. The van der Waals surface area contributed by atoms with Crippen molar-refractivity contribution in [2.75, 3.05) is 5.73 Å². The van der Waals surface area contributed by atoms with Crippen LogP contribution in [0.2, 0.25) is 0 Å². The molecule has 158 valence electrons. The Labute approximate surface area is 169 Å². The standard InChI is InChI=1S/C18H18FN5O6/c1-4-9(25)28-14-17(29-10(26)5-2)16(27,6-3)15(30-18(14,17)19)24-8-23-11-12(20)21-7-22-13(11)24/h3,7-8,14-15,27H,4-5H2,1-2H3,(H2,20,21,22)/t14?,15-,16+,17+,18-/m1/s1. The summed E-state index contributed by atoms with van der Waals surface area (Å²) in [6.45, 7) is 2.97. The summed E-state index contributed by atoms with van der Waals surface area (Å²) in [6, 6.07) is 0. The summed E-state index contributed by atoms with van der Waals surface area (Å²) < 4.78 is 32.8. The number of anilines is 1. The monoisotopic (exact) mass is 419 g/mol. The van der Waals surface area contributed by atoms with E-state index in [1.54, 1.807) is 0 Å². The second kappa shape index (κ2) is 6.35. The fourth-order valence-electron chi connectivity index (χ4n) is 3.70. The first kappa shape index (κ1) is 20.0. The Kier molecular flexibility index (Phi) is 4.23. The molecular formula is C18H18FN5O6. The number of hydrogen-bond donors (Lipinski definition) is 2. The fraction of sp³-hybridized carbons (Fsp3) is 0.500. The van der Waals surface area contributed by atoms with Gasteiger partial charge in [0, 0.05) is 12.8 Å². The number of imidazole rings is 1. The van der Waals surface area contributed by atoms with Gasteiger partial charge in [-0.25, -0.2) is 19.3 Å². The number of carbonyl (C=O) groups is 2. The van der Waals surface area contributed by atoms with Crippen LogP contribution < -0.4 is 5.73 Å². The van der Waals surface area contributed by atoms with Crippen LogP contribution in [0.5, 0.6) is 0 Å². The average molecular weight is 419 g/mol. The molecule has 1 aliphatic carbocycles. The third-order valence-electron chi connectivity index (χ3n) is 5.30. The first-order valence-electron chi connectivity index (χ1n) is 9.11. The highest BCUT2D eigenvalue weighted by Gasteiger charge is 3.00. The molecule has 0 radical (unpaired) electrons. The zero-order valence-corrected chi connectivity index (χ0v) is 16.0. The van der Waals surface area contributed by atoms with E-state index in [1.807, 2.05) is 0 Å². The molecule has 30 heavy (non-hydrogen) atoms. The predicted octanol–water partition coefficient (Wildman–Crippen LogP) is -0.00520. The summed E-state index contributed by atoms with van der Waals surface area (Å²) in [5.74, 6) is -2.43. The van der Waals surface area contributed by atoms with Crippen LogP contribution in [0.3, 0.4) is 0 Å². The van der Waals surface area contributed by atoms with E-state index in [-0.39, 0.29) is 29.8 Å². The number of esters is 2. The Hall–Kier alpha value is -3.30. The summed E-state index contributed by atoms with van der Waals surface area (Å²) >= 11 is 0. The van der Waals surface area contributed by atoms with Crippen LogP contribution >= 0.6 is 0 Å². The molecule has 2 aromatic heterocycles. The van der Waals surface area contributed by atoms with Crippen molar-refractivity contribution in [3.63, 3.8) is 0 Å². The molecular weight excluding hydrogens is 401 g/mol. The highest BCUT2D eigenvalue weighted by molar-refractivity contribution is 5.81. The number of rotatable bonds is 5. The number of halogens is 1. The minimum atomic E-state index is -2.89. The zero-order chi connectivity index (χ0) is 21.9. The van der Waals surface area contributed by atoms with Gasteiger partial charge in [0.05, 0.1) is 6.33 Å². The Morgan fingerprint density at radius 1 is 1.37 bits per heavy atom. The summed E-state index contributed by atoms with van der Waals surface area (Å²) in [5, 5.41) is 11.4. The van der Waals surface area contributed by atoms with Gasteiger partial charge in [0.2, 0.25) is 11.7 Å². The maximum absolute atomic E-state index is 15.9. The summed E-state index contributed by atoms with van der Waals surface area (Å²) in [4.78, 5) is 35.7. The molecule has 1 aliphatic heterocycles. The van der Waals surface area contributed by atoms with Crippen LogP contribution in [0.15, 0.2) is 12.7 Å². The first-order valence-corrected chi connectivity index (χ1v) is 9.11. The lowest BCUT2D eigenvalue weighted by Gasteiger charge is -2.32. The fourth-order valence-corrected chi connectivity index (χ4v) is 3.70. The molecule has 3 heterocycles. The lowest BCUT2D eigenvalue weighted by molar-refractivity contribution is -0.191. The molecule has 1 saturated carbocycles. The van der Waals surface area contributed by atoms with Gasteiger partial charge in [-0.05, 0) is 0 Å². The van der Waals surface area contributed by atoms with Crippen molar-refractivity contribution in [3.8, 4) is 12.3 Å². The molecule has 5 atom stereocenters. The van der Waals surface area contributed by atoms with Crippen LogP contribution in [-0.4, -0.2) is 59.7 Å². The summed E-state index contributed by atoms with van der Waals surface area (Å²) in [6.07, 6.45) is 4.31. The second-order valence-electron chi connectivity index (χ2n) is 6.90. The van der Waals surface area contributed by atoms with Gasteiger partial charge >= 0.3 is 17.8 Å². The number of terminal acetylenes is 1. The van der Waals surface area contributed by atoms with E-state index in [2.05, 4.69) is 20.9 Å². The van der Waals surface area contributed by atoms with Crippen LogP contribution in [-0.2, 0) is 23.8 Å². The Morgan fingerprint density at radius 2 is 2.07 bits per heavy atom. The lowest BCUT2D eigenvalue weighted by atomic mass is 9.93. The van der Waals surface area contributed by atoms with E-state index in [0.29, 0.717) is 0 Å². The van der Waals surface area contributed by atoms with Crippen molar-refractivity contribution in [2.45, 2.75) is 56.1 Å². The maximum Gasteiger partial charge on any atom is 0.306 e. The number of nitrogen functional groups attached to an aromatic ring is 1. The van der Waals surface area contributed by atoms with Crippen molar-refractivity contribution in [3.05, 3.63) is 12.7 Å². The van der Waals surface area contributed by atoms with Crippen LogP contribution in [0, 0.1) is 12.3 Å². The number of hydrogen-bond acceptors (Lipinski definition) is 10. The molecule has 0 bridgehead atoms. The van der Waals surface area contributed by atoms with Crippen LogP contribution in [0.4, 0.5) is 10.2 Å². The summed E-state index contributed by atoms with van der Waals surface area (Å²) in [7, 11) is 0. The van der Waals surface area contributed by atoms with E-state index >= 15 is 4.39 Å². The van der Waals surface area contributed by atoms with Gasteiger partial charge in [0.25, 0.3) is 5.60 Å². The topological polar surface area (TPSA) is 152 Å². The molecule has 1 saturated heterocycles. The van der Waals surface area contributed by atoms with E-state index in [9.17, 15) is 14.7 Å². The molecule has 3 N–H and O–H groups in total. The molecule has 0 amide bonds. The first-order chi connectivity index (χ1) is 14.2. The number of nitrogens with two attached hydrogens (primary N) is 1. The lowest BCUT2D eigenvalue weighted by Crippen LogP contribution is -2.52. The number of ether oxygens (including phenoxy) is 3. The van der Waals surface area contributed by atoms with Crippen molar-refractivity contribution < 1.29 is 33.3 Å². The zero-order valence-electron chi connectivity index (χ0n) is 16.0. The number of alkyl halides is 1. The second-order valence-corrected chi connectivity index (χ2v) is 6.90. The van der Waals surface area contributed by atoms with Crippen molar-refractivity contribution in [2.24, 2.45) is 0 Å². The largest absolute Gasteiger partial charge is 0.451 e. The number of fused-ring (bicyclic) bond motifs is 2. The van der Waals surface area contributed by atoms with Gasteiger partial charge in [0.15, 0.2) is 17.7 Å². The van der Waals surface area contributed by atoms with Crippen LogP contribution in [0.25, 0.3) is 11.2 Å². The highest BCUT2D eigenvalue weighted by atomic mass is 19.2. The highest BCUT2D eigenvalue weighted by Crippen LogP contribution is 2.71. The molecule has 2 aromatic rings. The molecule has 4 rings (SSSR count). The Morgan fingerprint density at radius 3 is 2.70 bits per heavy atom. The number of nitrogens with zero attached hydrogens (tertiary/aromatic N) is 4. The van der Waals surface area contributed by atoms with Gasteiger partial charge in [-0.1, -0.05) is 19.8 Å². The predicted molar refractivity (Wildman–Crippen MR) is 96.8 cm³/mol. The maximum atomic E-state index is 15.9. The van der Waals surface area contributed by atoms with Gasteiger partial charge in [0.1, 0.15) is 11.8 Å². The van der Waals surface area contributed by atoms with E-state index in [4.69, 9.17) is 26.4 Å². The van der Waals surface area contributed by atoms with Crippen molar-refractivity contribution in [1.82, 2.24) is 19.5 Å². The molecule has 2 aliphatic rings. The Balaban J connectivity index is 1.84. The summed E-state index contributed by atoms with van der Waals surface area (Å²) in [5.41, 5.74) is 0.995. The number of aromatic nitrogens is 4. The Bertz CT molecular complexity index is 1100. The van der Waals surface area contributed by atoms with Gasteiger partial charge in [-0.3, -0.25) is 14.2 Å². The normalized spacial score (nSPS) is 34.2. The third kappa shape index (κ3) is 2.24. The van der Waals surface area contributed by atoms with Gasteiger partial charge < -0.3 is 25.1 Å². The molecule has 0 spiro atoms. The average Bonchev–Trinajstić information content (AvgIpc) is 3.02. The van der Waals surface area contributed by atoms with Crippen molar-refractivity contribution in [1.29, 1.82) is 0 Å². The number of aliphatic hydroxyl groups is 1. The van der Waals surface area contributed by atoms with Crippen LogP contribution in [0.1, 0.15) is 32.9 Å². The smallest absolute Gasteiger partial charge is 0.306 e. The minimum Gasteiger partial charge on any atom is -0.451 e. The molecule has 11 nitrogen and oxygen atoms in total. The molecule has 0 aromatic carbocycles. The van der Waals surface area contributed by atoms with E-state index in [1.165, 1.54) is 20.2 Å². The van der Waals surface area contributed by atoms with E-state index in [0.717, 1.165) is 10.9 Å². The van der Waals surface area contributed by atoms with Gasteiger partial charge in [-0.15, -0.1) is 6.42 Å². The van der Waals surface area contributed by atoms with Gasteiger partial charge in [-0.2, -0.15) is 0 Å². The van der Waals surface area contributed by atoms with Crippen molar-refractivity contribution >= 4 is 28.9 Å². The quantitative estimate of drug-likeness (QED) is 0.500. The molecule has 1 unspecified atom stereocenters. The van der Waals surface area contributed by atoms with E-state index < -0.39 is 41.3 Å². The molecule has 2 fully saturated rings. The third-order valence-corrected chi connectivity index (χ3v) is 5.30. The molecule has 12 heteroatoms.